The van der Waals surface area contributed by atoms with Crippen LogP contribution in [0.3, 0.4) is 0 Å². The molecule has 0 N–H and O–H groups in total. The Morgan fingerprint density at radius 2 is 1.93 bits per heavy atom. The molecule has 0 saturated carbocycles. The van der Waals surface area contributed by atoms with Crippen molar-refractivity contribution >= 4 is 34.7 Å². The Labute approximate surface area is 177 Å². The van der Waals surface area contributed by atoms with Gasteiger partial charge in [-0.3, -0.25) is 4.79 Å². The highest BCUT2D eigenvalue weighted by Crippen LogP contribution is 2.34. The summed E-state index contributed by atoms with van der Waals surface area (Å²) >= 11 is 2.89. The van der Waals surface area contributed by atoms with Gasteiger partial charge in [0, 0.05) is 6.42 Å². The number of hydrazone groups is 1. The summed E-state index contributed by atoms with van der Waals surface area (Å²) in [6, 6.07) is 17.7. The normalized spacial score (nSPS) is 16.0. The number of methoxy groups -OCH3 is 1. The molecule has 1 amide bonds. The minimum absolute atomic E-state index is 0.0467. The number of aromatic nitrogens is 2. The molecule has 1 aliphatic rings. The maximum atomic E-state index is 13.0. The molecule has 1 aromatic heterocycles. The first-order valence-electron chi connectivity index (χ1n) is 9.16. The van der Waals surface area contributed by atoms with Crippen molar-refractivity contribution in [3.8, 4) is 5.75 Å². The van der Waals surface area contributed by atoms with Crippen molar-refractivity contribution < 1.29 is 9.53 Å². The SMILES string of the molecule is COc1ccc(C2CC(c3ccccc3)=NN2C(=O)CSc2nnc(C)s2)cc1. The zero-order chi connectivity index (χ0) is 20.2. The first-order valence-corrected chi connectivity index (χ1v) is 11.0. The van der Waals surface area contributed by atoms with Crippen molar-refractivity contribution in [3.63, 3.8) is 0 Å². The van der Waals surface area contributed by atoms with Crippen molar-refractivity contribution in [3.05, 3.63) is 70.7 Å². The summed E-state index contributed by atoms with van der Waals surface area (Å²) in [5.74, 6) is 1.01. The average Bonchev–Trinajstić information content (AvgIpc) is 3.39. The first-order chi connectivity index (χ1) is 14.1. The smallest absolute Gasteiger partial charge is 0.253 e. The fraction of sp³-hybridized carbons (Fsp3) is 0.238. The number of rotatable bonds is 6. The van der Waals surface area contributed by atoms with Gasteiger partial charge in [-0.05, 0) is 30.2 Å². The molecule has 0 radical (unpaired) electrons. The van der Waals surface area contributed by atoms with E-state index in [4.69, 9.17) is 9.84 Å². The third kappa shape index (κ3) is 4.49. The Balaban J connectivity index is 1.57. The molecule has 148 valence electrons. The summed E-state index contributed by atoms with van der Waals surface area (Å²) in [4.78, 5) is 13.0. The molecule has 3 aromatic rings. The van der Waals surface area contributed by atoms with E-state index in [2.05, 4.69) is 10.2 Å². The second kappa shape index (κ2) is 8.75. The predicted molar refractivity (Wildman–Crippen MR) is 116 cm³/mol. The lowest BCUT2D eigenvalue weighted by Crippen LogP contribution is -2.28. The summed E-state index contributed by atoms with van der Waals surface area (Å²) in [5.41, 5.74) is 2.98. The van der Waals surface area contributed by atoms with Crippen molar-refractivity contribution in [1.82, 2.24) is 15.2 Å². The number of amides is 1. The molecule has 2 heterocycles. The van der Waals surface area contributed by atoms with E-state index in [9.17, 15) is 4.79 Å². The van der Waals surface area contributed by atoms with Crippen LogP contribution in [0.2, 0.25) is 0 Å². The van der Waals surface area contributed by atoms with Gasteiger partial charge < -0.3 is 4.74 Å². The number of nitrogens with zero attached hydrogens (tertiary/aromatic N) is 4. The minimum Gasteiger partial charge on any atom is -0.497 e. The predicted octanol–water partition coefficient (Wildman–Crippen LogP) is 4.33. The Hall–Kier alpha value is -2.71. The molecule has 1 aliphatic heterocycles. The van der Waals surface area contributed by atoms with E-state index in [1.807, 2.05) is 61.5 Å². The van der Waals surface area contributed by atoms with Gasteiger partial charge in [0.15, 0.2) is 4.34 Å². The van der Waals surface area contributed by atoms with Crippen molar-refractivity contribution in [1.29, 1.82) is 0 Å². The number of thioether (sulfide) groups is 1. The van der Waals surface area contributed by atoms with E-state index < -0.39 is 0 Å². The van der Waals surface area contributed by atoms with E-state index in [1.54, 1.807) is 12.1 Å². The number of ether oxygens (including phenoxy) is 1. The van der Waals surface area contributed by atoms with E-state index >= 15 is 0 Å². The molecule has 0 aliphatic carbocycles. The Morgan fingerprint density at radius 3 is 2.59 bits per heavy atom. The van der Waals surface area contributed by atoms with Crippen LogP contribution in [-0.2, 0) is 4.79 Å². The summed E-state index contributed by atoms with van der Waals surface area (Å²) in [6.07, 6.45) is 0.671. The third-order valence-electron chi connectivity index (χ3n) is 4.60. The lowest BCUT2D eigenvalue weighted by Gasteiger charge is -2.22. The van der Waals surface area contributed by atoms with Crippen LogP contribution in [0.5, 0.6) is 5.75 Å². The fourth-order valence-corrected chi connectivity index (χ4v) is 4.83. The Morgan fingerprint density at radius 1 is 1.17 bits per heavy atom. The highest BCUT2D eigenvalue weighted by molar-refractivity contribution is 8.01. The van der Waals surface area contributed by atoms with Gasteiger partial charge in [-0.2, -0.15) is 5.10 Å². The van der Waals surface area contributed by atoms with Gasteiger partial charge in [0.05, 0.1) is 24.6 Å². The molecule has 4 rings (SSSR count). The van der Waals surface area contributed by atoms with Gasteiger partial charge in [0.2, 0.25) is 0 Å². The van der Waals surface area contributed by atoms with Gasteiger partial charge in [0.25, 0.3) is 5.91 Å². The molecule has 0 spiro atoms. The molecule has 1 atom stereocenters. The van der Waals surface area contributed by atoms with Crippen molar-refractivity contribution in [2.45, 2.75) is 23.7 Å². The quantitative estimate of drug-likeness (QED) is 0.551. The zero-order valence-corrected chi connectivity index (χ0v) is 17.7. The van der Waals surface area contributed by atoms with E-state index in [0.29, 0.717) is 6.42 Å². The molecule has 2 aromatic carbocycles. The van der Waals surface area contributed by atoms with Crippen LogP contribution in [0, 0.1) is 6.92 Å². The van der Waals surface area contributed by atoms with Crippen LogP contribution >= 0.6 is 23.1 Å². The highest BCUT2D eigenvalue weighted by atomic mass is 32.2. The van der Waals surface area contributed by atoms with E-state index in [0.717, 1.165) is 31.9 Å². The highest BCUT2D eigenvalue weighted by Gasteiger charge is 2.33. The van der Waals surface area contributed by atoms with Gasteiger partial charge in [-0.25, -0.2) is 5.01 Å². The number of carbonyl (C=O) groups excluding carboxylic acids is 1. The molecule has 0 fully saturated rings. The zero-order valence-electron chi connectivity index (χ0n) is 16.1. The van der Waals surface area contributed by atoms with E-state index in [1.165, 1.54) is 23.1 Å². The Bertz CT molecular complexity index is 1020. The molecular weight excluding hydrogens is 404 g/mol. The lowest BCUT2D eigenvalue weighted by molar-refractivity contribution is -0.130. The largest absolute Gasteiger partial charge is 0.497 e. The maximum Gasteiger partial charge on any atom is 0.253 e. The molecular formula is C21H20N4O2S2. The van der Waals surface area contributed by atoms with Crippen LogP contribution in [0.15, 0.2) is 64.0 Å². The van der Waals surface area contributed by atoms with Gasteiger partial charge in [-0.15, -0.1) is 10.2 Å². The van der Waals surface area contributed by atoms with Crippen LogP contribution in [-0.4, -0.2) is 39.7 Å². The van der Waals surface area contributed by atoms with Crippen molar-refractivity contribution in [2.75, 3.05) is 12.9 Å². The van der Waals surface area contributed by atoms with Crippen LogP contribution in [0.4, 0.5) is 0 Å². The summed E-state index contributed by atoms with van der Waals surface area (Å²) < 4.78 is 6.06. The van der Waals surface area contributed by atoms with E-state index in [-0.39, 0.29) is 17.7 Å². The molecule has 1 unspecified atom stereocenters. The number of hydrogen-bond acceptors (Lipinski definition) is 7. The standard InChI is InChI=1S/C21H20N4O2S2/c1-14-22-23-21(29-14)28-13-20(26)25-19(16-8-10-17(27-2)11-9-16)12-18(24-25)15-6-4-3-5-7-15/h3-11,19H,12-13H2,1-2H3. The van der Waals surface area contributed by atoms with Crippen molar-refractivity contribution in [2.24, 2.45) is 5.10 Å². The number of carbonyl (C=O) groups is 1. The van der Waals surface area contributed by atoms with Gasteiger partial charge in [0.1, 0.15) is 10.8 Å². The Kier molecular flexibility index (Phi) is 5.92. The molecule has 29 heavy (non-hydrogen) atoms. The monoisotopic (exact) mass is 424 g/mol. The molecule has 8 heteroatoms. The summed E-state index contributed by atoms with van der Waals surface area (Å²) in [5, 5.41) is 15.3. The van der Waals surface area contributed by atoms with Gasteiger partial charge >= 0.3 is 0 Å². The fourth-order valence-electron chi connectivity index (χ4n) is 3.16. The minimum atomic E-state index is -0.139. The summed E-state index contributed by atoms with van der Waals surface area (Å²) in [7, 11) is 1.64. The topological polar surface area (TPSA) is 67.7 Å². The second-order valence-corrected chi connectivity index (χ2v) is 8.92. The van der Waals surface area contributed by atoms with Crippen LogP contribution in [0.1, 0.15) is 28.6 Å². The summed E-state index contributed by atoms with van der Waals surface area (Å²) in [6.45, 7) is 1.90. The lowest BCUT2D eigenvalue weighted by atomic mass is 9.98. The molecule has 0 saturated heterocycles. The first kappa shape index (κ1) is 19.6. The second-order valence-electron chi connectivity index (χ2n) is 6.52. The molecule has 0 bridgehead atoms. The third-order valence-corrected chi connectivity index (χ3v) is 6.56. The average molecular weight is 425 g/mol. The maximum absolute atomic E-state index is 13.0. The number of benzene rings is 2. The number of hydrogen-bond donors (Lipinski definition) is 0. The van der Waals surface area contributed by atoms with Crippen LogP contribution < -0.4 is 4.74 Å². The molecule has 6 nitrogen and oxygen atoms in total. The number of aryl methyl sites for hydroxylation is 1. The van der Waals surface area contributed by atoms with Crippen LogP contribution in [0.25, 0.3) is 0 Å². The van der Waals surface area contributed by atoms with Gasteiger partial charge in [-0.1, -0.05) is 65.6 Å².